The van der Waals surface area contributed by atoms with Crippen molar-refractivity contribution in [2.75, 3.05) is 13.1 Å². The van der Waals surface area contributed by atoms with Crippen molar-refractivity contribution in [3.8, 4) is 0 Å². The van der Waals surface area contributed by atoms with E-state index in [2.05, 4.69) is 13.5 Å². The van der Waals surface area contributed by atoms with Crippen molar-refractivity contribution >= 4 is 5.91 Å². The van der Waals surface area contributed by atoms with E-state index >= 15 is 0 Å². The van der Waals surface area contributed by atoms with Crippen LogP contribution >= 0.6 is 0 Å². The molecule has 1 fully saturated rings. The van der Waals surface area contributed by atoms with Gasteiger partial charge in [0.25, 0.3) is 0 Å². The van der Waals surface area contributed by atoms with E-state index in [4.69, 9.17) is 0 Å². The zero-order valence-electron chi connectivity index (χ0n) is 7.21. The number of carbonyl (C=O) groups excluding carboxylic acids is 1. The highest BCUT2D eigenvalue weighted by atomic mass is 16.2. The van der Waals surface area contributed by atoms with Crippen molar-refractivity contribution < 1.29 is 4.79 Å². The average molecular weight is 153 g/mol. The number of carbonyl (C=O) groups is 1. The molecule has 2 nitrogen and oxygen atoms in total. The van der Waals surface area contributed by atoms with Gasteiger partial charge < -0.3 is 4.90 Å². The molecule has 1 aliphatic rings. The lowest BCUT2D eigenvalue weighted by Gasteiger charge is -2.11. The summed E-state index contributed by atoms with van der Waals surface area (Å²) < 4.78 is 0. The Kier molecular flexibility index (Phi) is 2.32. The highest BCUT2D eigenvalue weighted by Crippen LogP contribution is 2.23. The quantitative estimate of drug-likeness (QED) is 0.520. The first kappa shape index (κ1) is 8.31. The van der Waals surface area contributed by atoms with E-state index in [1.54, 1.807) is 6.92 Å². The number of likely N-dealkylation sites (tertiary alicyclic amines) is 1. The summed E-state index contributed by atoms with van der Waals surface area (Å²) in [5.74, 6) is 1.26. The smallest absolute Gasteiger partial charge is 0.219 e. The Morgan fingerprint density at radius 2 is 2.27 bits per heavy atom. The Bertz CT molecular complexity index is 176. The van der Waals surface area contributed by atoms with Gasteiger partial charge in [-0.15, -0.1) is 6.58 Å². The van der Waals surface area contributed by atoms with E-state index in [-0.39, 0.29) is 5.91 Å². The maximum atomic E-state index is 10.9. The second kappa shape index (κ2) is 3.07. The van der Waals surface area contributed by atoms with Crippen LogP contribution in [0.1, 0.15) is 13.8 Å². The average Bonchev–Trinajstić information content (AvgIpc) is 2.31. The zero-order chi connectivity index (χ0) is 8.43. The van der Waals surface area contributed by atoms with E-state index in [1.807, 2.05) is 11.0 Å². The fraction of sp³-hybridized carbons (Fsp3) is 0.667. The lowest BCUT2D eigenvalue weighted by atomic mass is 9.99. The molecule has 0 aromatic rings. The van der Waals surface area contributed by atoms with E-state index in [0.29, 0.717) is 11.8 Å². The highest BCUT2D eigenvalue weighted by Gasteiger charge is 2.28. The molecular formula is C9H15NO. The maximum absolute atomic E-state index is 10.9. The third-order valence-corrected chi connectivity index (χ3v) is 2.42. The van der Waals surface area contributed by atoms with E-state index in [1.165, 1.54) is 0 Å². The molecule has 2 atom stereocenters. The van der Waals surface area contributed by atoms with Crippen LogP contribution in [0.2, 0.25) is 0 Å². The van der Waals surface area contributed by atoms with Crippen LogP contribution in [-0.2, 0) is 4.79 Å². The normalized spacial score (nSPS) is 30.5. The van der Waals surface area contributed by atoms with Crippen LogP contribution in [0.4, 0.5) is 0 Å². The largest absolute Gasteiger partial charge is 0.342 e. The molecule has 11 heavy (non-hydrogen) atoms. The third kappa shape index (κ3) is 1.62. The van der Waals surface area contributed by atoms with E-state index in [9.17, 15) is 4.79 Å². The summed E-state index contributed by atoms with van der Waals surface area (Å²) in [5.41, 5.74) is 0. The first-order chi connectivity index (χ1) is 5.15. The Labute approximate surface area is 67.9 Å². The second-order valence-corrected chi connectivity index (χ2v) is 3.30. The summed E-state index contributed by atoms with van der Waals surface area (Å²) in [5, 5.41) is 0. The Morgan fingerprint density at radius 3 is 2.55 bits per heavy atom. The molecule has 1 heterocycles. The van der Waals surface area contributed by atoms with Crippen LogP contribution in [0.15, 0.2) is 12.7 Å². The van der Waals surface area contributed by atoms with Crippen LogP contribution < -0.4 is 0 Å². The van der Waals surface area contributed by atoms with Crippen molar-refractivity contribution in [1.29, 1.82) is 0 Å². The van der Waals surface area contributed by atoms with Gasteiger partial charge >= 0.3 is 0 Å². The van der Waals surface area contributed by atoms with Crippen LogP contribution in [-0.4, -0.2) is 23.9 Å². The summed E-state index contributed by atoms with van der Waals surface area (Å²) >= 11 is 0. The first-order valence-corrected chi connectivity index (χ1v) is 4.03. The predicted octanol–water partition coefficient (Wildman–Crippen LogP) is 1.29. The van der Waals surface area contributed by atoms with Gasteiger partial charge in [-0.3, -0.25) is 4.79 Å². The summed E-state index contributed by atoms with van der Waals surface area (Å²) in [7, 11) is 0. The minimum atomic E-state index is 0.182. The monoisotopic (exact) mass is 153 g/mol. The summed E-state index contributed by atoms with van der Waals surface area (Å²) in [4.78, 5) is 12.8. The van der Waals surface area contributed by atoms with E-state index in [0.717, 1.165) is 13.1 Å². The number of hydrogen-bond acceptors (Lipinski definition) is 1. The Morgan fingerprint density at radius 1 is 1.64 bits per heavy atom. The van der Waals surface area contributed by atoms with Gasteiger partial charge in [-0.25, -0.2) is 0 Å². The molecule has 1 rings (SSSR count). The SMILES string of the molecule is C=C[C@@H]1CN(C(C)=O)C[C@H]1C. The Balaban J connectivity index is 2.56. The molecular weight excluding hydrogens is 138 g/mol. The summed E-state index contributed by atoms with van der Waals surface area (Å²) in [6.45, 7) is 9.29. The highest BCUT2D eigenvalue weighted by molar-refractivity contribution is 5.73. The van der Waals surface area contributed by atoms with Crippen LogP contribution in [0.25, 0.3) is 0 Å². The van der Waals surface area contributed by atoms with Crippen molar-refractivity contribution in [3.63, 3.8) is 0 Å². The standard InChI is InChI=1S/C9H15NO/c1-4-9-6-10(8(3)11)5-7(9)2/h4,7,9H,1,5-6H2,2-3H3/t7-,9-/m1/s1. The molecule has 0 unspecified atom stereocenters. The van der Waals surface area contributed by atoms with Gasteiger partial charge in [0.1, 0.15) is 0 Å². The summed E-state index contributed by atoms with van der Waals surface area (Å²) in [6, 6.07) is 0. The van der Waals surface area contributed by atoms with Crippen molar-refractivity contribution in [2.24, 2.45) is 11.8 Å². The predicted molar refractivity (Wildman–Crippen MR) is 45.1 cm³/mol. The molecule has 62 valence electrons. The van der Waals surface area contributed by atoms with Gasteiger partial charge in [-0.2, -0.15) is 0 Å². The number of amides is 1. The van der Waals surface area contributed by atoms with E-state index < -0.39 is 0 Å². The van der Waals surface area contributed by atoms with Crippen molar-refractivity contribution in [3.05, 3.63) is 12.7 Å². The zero-order valence-corrected chi connectivity index (χ0v) is 7.21. The summed E-state index contributed by atoms with van der Waals surface area (Å²) in [6.07, 6.45) is 1.95. The minimum Gasteiger partial charge on any atom is -0.342 e. The van der Waals surface area contributed by atoms with Gasteiger partial charge in [0.05, 0.1) is 0 Å². The molecule has 0 spiro atoms. The van der Waals surface area contributed by atoms with Gasteiger partial charge in [0.2, 0.25) is 5.91 Å². The molecule has 0 N–H and O–H groups in total. The molecule has 0 aromatic heterocycles. The molecule has 1 saturated heterocycles. The van der Waals surface area contributed by atoms with Gasteiger partial charge in [-0.1, -0.05) is 13.0 Å². The first-order valence-electron chi connectivity index (χ1n) is 4.03. The fourth-order valence-corrected chi connectivity index (χ4v) is 1.56. The van der Waals surface area contributed by atoms with Crippen LogP contribution in [0.5, 0.6) is 0 Å². The molecule has 0 radical (unpaired) electrons. The molecule has 0 aromatic carbocycles. The van der Waals surface area contributed by atoms with Crippen LogP contribution in [0, 0.1) is 11.8 Å². The Hall–Kier alpha value is -0.790. The maximum Gasteiger partial charge on any atom is 0.219 e. The minimum absolute atomic E-state index is 0.182. The fourth-order valence-electron chi connectivity index (χ4n) is 1.56. The molecule has 1 amide bonds. The van der Waals surface area contributed by atoms with Gasteiger partial charge in [0.15, 0.2) is 0 Å². The molecule has 0 saturated carbocycles. The van der Waals surface area contributed by atoms with Gasteiger partial charge in [-0.05, 0) is 11.8 Å². The van der Waals surface area contributed by atoms with Crippen molar-refractivity contribution in [1.82, 2.24) is 4.90 Å². The number of hydrogen-bond donors (Lipinski definition) is 0. The number of nitrogens with zero attached hydrogens (tertiary/aromatic N) is 1. The van der Waals surface area contributed by atoms with Crippen molar-refractivity contribution in [2.45, 2.75) is 13.8 Å². The molecule has 2 heteroatoms. The van der Waals surface area contributed by atoms with Crippen LogP contribution in [0.3, 0.4) is 0 Å². The lowest BCUT2D eigenvalue weighted by Crippen LogP contribution is -2.25. The molecule has 0 aliphatic carbocycles. The lowest BCUT2D eigenvalue weighted by molar-refractivity contribution is -0.127. The third-order valence-electron chi connectivity index (χ3n) is 2.42. The molecule has 0 bridgehead atoms. The topological polar surface area (TPSA) is 20.3 Å². The second-order valence-electron chi connectivity index (χ2n) is 3.30. The van der Waals surface area contributed by atoms with Gasteiger partial charge in [0, 0.05) is 20.0 Å². The molecule has 1 aliphatic heterocycles. The number of rotatable bonds is 1.